The lowest BCUT2D eigenvalue weighted by Gasteiger charge is -2.10. The summed E-state index contributed by atoms with van der Waals surface area (Å²) in [4.78, 5) is 0. The second-order valence-corrected chi connectivity index (χ2v) is 3.91. The van der Waals surface area contributed by atoms with E-state index in [1.807, 2.05) is 37.3 Å². The van der Waals surface area contributed by atoms with Crippen molar-refractivity contribution in [3.05, 3.63) is 42.5 Å². The first-order valence-electron chi connectivity index (χ1n) is 6.07. The molecule has 0 aromatic heterocycles. The molecule has 2 aromatic carbocycles. The molecule has 0 spiro atoms. The van der Waals surface area contributed by atoms with Crippen LogP contribution in [0.25, 0.3) is 0 Å². The molecule has 0 aliphatic carbocycles. The minimum atomic E-state index is 0.566. The van der Waals surface area contributed by atoms with Gasteiger partial charge in [0.2, 0.25) is 0 Å². The minimum Gasteiger partial charge on any atom is -0.497 e. The molecule has 2 rings (SSSR count). The highest BCUT2D eigenvalue weighted by Crippen LogP contribution is 2.30. The molecule has 0 fully saturated rings. The Labute approximate surface area is 112 Å². The van der Waals surface area contributed by atoms with Gasteiger partial charge in [0.15, 0.2) is 0 Å². The van der Waals surface area contributed by atoms with Gasteiger partial charge in [-0.25, -0.2) is 0 Å². The summed E-state index contributed by atoms with van der Waals surface area (Å²) < 4.78 is 16.2. The molecule has 0 saturated heterocycles. The lowest BCUT2D eigenvalue weighted by molar-refractivity contribution is 0.340. The lowest BCUT2D eigenvalue weighted by Crippen LogP contribution is -1.97. The Bertz CT molecular complexity index is 538. The topological polar surface area (TPSA) is 53.7 Å². The second kappa shape index (κ2) is 6.00. The number of nitrogens with two attached hydrogens (primary N) is 1. The molecular weight excluding hydrogens is 242 g/mol. The molecule has 4 nitrogen and oxygen atoms in total. The number of hydrogen-bond acceptors (Lipinski definition) is 4. The first-order chi connectivity index (χ1) is 9.22. The third kappa shape index (κ3) is 3.31. The number of methoxy groups -OCH3 is 1. The molecule has 0 aliphatic rings. The van der Waals surface area contributed by atoms with Crippen LogP contribution in [0.4, 0.5) is 5.69 Å². The van der Waals surface area contributed by atoms with E-state index in [4.69, 9.17) is 19.9 Å². The number of anilines is 1. The van der Waals surface area contributed by atoms with Crippen molar-refractivity contribution in [2.24, 2.45) is 0 Å². The van der Waals surface area contributed by atoms with Crippen LogP contribution in [0.2, 0.25) is 0 Å². The van der Waals surface area contributed by atoms with Gasteiger partial charge in [0.05, 0.1) is 19.4 Å². The summed E-state index contributed by atoms with van der Waals surface area (Å²) in [5, 5.41) is 0. The van der Waals surface area contributed by atoms with Crippen LogP contribution in [0.5, 0.6) is 23.0 Å². The average Bonchev–Trinajstić information content (AvgIpc) is 2.44. The standard InChI is InChI=1S/C15H17NO3/c1-3-18-15-10-13(8-9-14(15)16)19-12-6-4-11(17-2)5-7-12/h4-10H,3,16H2,1-2H3. The molecular formula is C15H17NO3. The summed E-state index contributed by atoms with van der Waals surface area (Å²) in [6, 6.07) is 12.7. The van der Waals surface area contributed by atoms with E-state index in [-0.39, 0.29) is 0 Å². The van der Waals surface area contributed by atoms with Crippen LogP contribution in [0, 0.1) is 0 Å². The number of rotatable bonds is 5. The van der Waals surface area contributed by atoms with Crippen molar-refractivity contribution in [1.29, 1.82) is 0 Å². The smallest absolute Gasteiger partial charge is 0.145 e. The zero-order chi connectivity index (χ0) is 13.7. The molecule has 0 saturated carbocycles. The van der Waals surface area contributed by atoms with E-state index < -0.39 is 0 Å². The van der Waals surface area contributed by atoms with Gasteiger partial charge in [0.1, 0.15) is 23.0 Å². The lowest BCUT2D eigenvalue weighted by atomic mass is 10.2. The van der Waals surface area contributed by atoms with E-state index in [9.17, 15) is 0 Å². The number of nitrogen functional groups attached to an aromatic ring is 1. The van der Waals surface area contributed by atoms with Crippen molar-refractivity contribution >= 4 is 5.69 Å². The van der Waals surface area contributed by atoms with E-state index in [1.54, 1.807) is 19.2 Å². The molecule has 2 aromatic rings. The van der Waals surface area contributed by atoms with Crippen LogP contribution in [0.3, 0.4) is 0 Å². The van der Waals surface area contributed by atoms with Crippen molar-refractivity contribution in [2.45, 2.75) is 6.92 Å². The van der Waals surface area contributed by atoms with Crippen LogP contribution in [-0.2, 0) is 0 Å². The fourth-order valence-corrected chi connectivity index (χ4v) is 1.64. The molecule has 0 atom stereocenters. The maximum absolute atomic E-state index is 5.81. The van der Waals surface area contributed by atoms with Gasteiger partial charge in [0.25, 0.3) is 0 Å². The van der Waals surface area contributed by atoms with E-state index in [0.717, 1.165) is 11.5 Å². The fourth-order valence-electron chi connectivity index (χ4n) is 1.64. The molecule has 0 amide bonds. The normalized spacial score (nSPS) is 10.0. The first kappa shape index (κ1) is 13.1. The maximum atomic E-state index is 5.81. The largest absolute Gasteiger partial charge is 0.497 e. The number of hydrogen-bond donors (Lipinski definition) is 1. The SMILES string of the molecule is CCOc1cc(Oc2ccc(OC)cc2)ccc1N. The number of benzene rings is 2. The van der Waals surface area contributed by atoms with Crippen LogP contribution < -0.4 is 19.9 Å². The van der Waals surface area contributed by atoms with Crippen molar-refractivity contribution in [2.75, 3.05) is 19.5 Å². The third-order valence-electron chi connectivity index (χ3n) is 2.58. The molecule has 2 N–H and O–H groups in total. The Morgan fingerprint density at radius 1 is 0.947 bits per heavy atom. The van der Waals surface area contributed by atoms with Crippen LogP contribution in [0.15, 0.2) is 42.5 Å². The Morgan fingerprint density at radius 2 is 1.58 bits per heavy atom. The summed E-state index contributed by atoms with van der Waals surface area (Å²) >= 11 is 0. The second-order valence-electron chi connectivity index (χ2n) is 3.91. The fraction of sp³-hybridized carbons (Fsp3) is 0.200. The molecule has 0 aliphatic heterocycles. The number of ether oxygens (including phenoxy) is 3. The Hall–Kier alpha value is -2.36. The van der Waals surface area contributed by atoms with Crippen molar-refractivity contribution < 1.29 is 14.2 Å². The zero-order valence-corrected chi connectivity index (χ0v) is 11.1. The van der Waals surface area contributed by atoms with Gasteiger partial charge in [-0.05, 0) is 43.3 Å². The van der Waals surface area contributed by atoms with E-state index in [1.165, 1.54) is 0 Å². The average molecular weight is 259 g/mol. The third-order valence-corrected chi connectivity index (χ3v) is 2.58. The molecule has 0 unspecified atom stereocenters. The Kier molecular flexibility index (Phi) is 4.13. The zero-order valence-electron chi connectivity index (χ0n) is 11.1. The summed E-state index contributed by atoms with van der Waals surface area (Å²) in [6.07, 6.45) is 0. The molecule has 4 heteroatoms. The quantitative estimate of drug-likeness (QED) is 0.835. The first-order valence-corrected chi connectivity index (χ1v) is 6.07. The van der Waals surface area contributed by atoms with Gasteiger partial charge >= 0.3 is 0 Å². The summed E-state index contributed by atoms with van der Waals surface area (Å²) in [7, 11) is 1.63. The van der Waals surface area contributed by atoms with Crippen LogP contribution in [-0.4, -0.2) is 13.7 Å². The predicted molar refractivity (Wildman–Crippen MR) is 75.1 cm³/mol. The van der Waals surface area contributed by atoms with Gasteiger partial charge in [-0.3, -0.25) is 0 Å². The van der Waals surface area contributed by atoms with Crippen LogP contribution in [0.1, 0.15) is 6.92 Å². The molecule has 0 bridgehead atoms. The van der Waals surface area contributed by atoms with E-state index >= 15 is 0 Å². The van der Waals surface area contributed by atoms with Crippen molar-refractivity contribution in [3.63, 3.8) is 0 Å². The maximum Gasteiger partial charge on any atom is 0.145 e. The Balaban J connectivity index is 2.15. The monoisotopic (exact) mass is 259 g/mol. The molecule has 0 radical (unpaired) electrons. The Morgan fingerprint density at radius 3 is 2.21 bits per heavy atom. The minimum absolute atomic E-state index is 0.566. The van der Waals surface area contributed by atoms with E-state index in [2.05, 4.69) is 0 Å². The van der Waals surface area contributed by atoms with Gasteiger partial charge in [-0.2, -0.15) is 0 Å². The van der Waals surface area contributed by atoms with E-state index in [0.29, 0.717) is 23.8 Å². The molecule has 100 valence electrons. The highest BCUT2D eigenvalue weighted by Gasteiger charge is 2.04. The summed E-state index contributed by atoms with van der Waals surface area (Å²) in [6.45, 7) is 2.48. The molecule has 0 heterocycles. The van der Waals surface area contributed by atoms with Crippen molar-refractivity contribution in [1.82, 2.24) is 0 Å². The highest BCUT2D eigenvalue weighted by molar-refractivity contribution is 5.56. The van der Waals surface area contributed by atoms with Gasteiger partial charge in [-0.15, -0.1) is 0 Å². The molecule has 19 heavy (non-hydrogen) atoms. The summed E-state index contributed by atoms with van der Waals surface area (Å²) in [5.41, 5.74) is 6.41. The van der Waals surface area contributed by atoms with Gasteiger partial charge in [-0.1, -0.05) is 0 Å². The van der Waals surface area contributed by atoms with Crippen LogP contribution >= 0.6 is 0 Å². The van der Waals surface area contributed by atoms with Gasteiger partial charge < -0.3 is 19.9 Å². The van der Waals surface area contributed by atoms with Gasteiger partial charge in [0, 0.05) is 6.07 Å². The highest BCUT2D eigenvalue weighted by atomic mass is 16.5. The van der Waals surface area contributed by atoms with Crippen molar-refractivity contribution in [3.8, 4) is 23.0 Å². The summed E-state index contributed by atoms with van der Waals surface area (Å²) in [5.74, 6) is 2.84. The predicted octanol–water partition coefficient (Wildman–Crippen LogP) is 3.47.